The summed E-state index contributed by atoms with van der Waals surface area (Å²) in [6.45, 7) is 4.08. The van der Waals surface area contributed by atoms with Crippen LogP contribution < -0.4 is 10.6 Å². The van der Waals surface area contributed by atoms with Gasteiger partial charge in [0.2, 0.25) is 5.91 Å². The maximum Gasteiger partial charge on any atom is 0.408 e. The van der Waals surface area contributed by atoms with E-state index in [0.29, 0.717) is 5.56 Å². The Bertz CT molecular complexity index is 819. The molecule has 2 rings (SSSR count). The summed E-state index contributed by atoms with van der Waals surface area (Å²) >= 11 is 0. The second-order valence-electron chi connectivity index (χ2n) is 6.83. The molecule has 2 aromatic rings. The number of hydrogen-bond donors (Lipinski definition) is 2. The molecule has 7 nitrogen and oxygen atoms in total. The third-order valence-electron chi connectivity index (χ3n) is 4.28. The normalized spacial score (nSPS) is 11.4. The average molecular weight is 398 g/mol. The molecule has 2 N–H and O–H groups in total. The Morgan fingerprint density at radius 1 is 0.931 bits per heavy atom. The van der Waals surface area contributed by atoms with Crippen molar-refractivity contribution in [1.29, 1.82) is 0 Å². The average Bonchev–Trinajstić information content (AvgIpc) is 2.74. The lowest BCUT2D eigenvalue weighted by Gasteiger charge is -2.21. The quantitative estimate of drug-likeness (QED) is 0.667. The molecule has 0 saturated heterocycles. The van der Waals surface area contributed by atoms with Crippen LogP contribution in [-0.2, 0) is 27.4 Å². The first-order valence-corrected chi connectivity index (χ1v) is 9.33. The molecule has 7 heteroatoms. The summed E-state index contributed by atoms with van der Waals surface area (Å²) in [4.78, 5) is 36.1. The van der Waals surface area contributed by atoms with E-state index in [1.54, 1.807) is 24.3 Å². The van der Waals surface area contributed by atoms with Crippen molar-refractivity contribution in [3.63, 3.8) is 0 Å². The van der Waals surface area contributed by atoms with Crippen molar-refractivity contribution in [2.24, 2.45) is 5.92 Å². The summed E-state index contributed by atoms with van der Waals surface area (Å²) < 4.78 is 9.85. The van der Waals surface area contributed by atoms with Crippen LogP contribution in [0.3, 0.4) is 0 Å². The van der Waals surface area contributed by atoms with Gasteiger partial charge in [-0.25, -0.2) is 9.59 Å². The van der Waals surface area contributed by atoms with Gasteiger partial charge in [0.25, 0.3) is 0 Å². The van der Waals surface area contributed by atoms with E-state index in [-0.39, 0.29) is 25.0 Å². The fraction of sp³-hybridized carbons (Fsp3) is 0.318. The number of nitrogens with one attached hydrogen (secondary N) is 2. The highest BCUT2D eigenvalue weighted by Gasteiger charge is 2.24. The maximum atomic E-state index is 12.5. The van der Waals surface area contributed by atoms with Crippen LogP contribution in [0.2, 0.25) is 0 Å². The molecule has 0 spiro atoms. The van der Waals surface area contributed by atoms with Crippen LogP contribution in [0.25, 0.3) is 0 Å². The molecule has 154 valence electrons. The maximum absolute atomic E-state index is 12.5. The number of alkyl carbamates (subject to hydrolysis) is 1. The van der Waals surface area contributed by atoms with Crippen LogP contribution in [0.1, 0.15) is 35.3 Å². The van der Waals surface area contributed by atoms with Gasteiger partial charge in [0.15, 0.2) is 0 Å². The van der Waals surface area contributed by atoms with Crippen molar-refractivity contribution in [1.82, 2.24) is 10.6 Å². The third-order valence-corrected chi connectivity index (χ3v) is 4.28. The summed E-state index contributed by atoms with van der Waals surface area (Å²) in [5.41, 5.74) is 2.12. The second-order valence-corrected chi connectivity index (χ2v) is 6.83. The summed E-state index contributed by atoms with van der Waals surface area (Å²) in [6, 6.07) is 15.3. The first kappa shape index (κ1) is 21.9. The Morgan fingerprint density at radius 3 is 2.17 bits per heavy atom. The number of amides is 2. The van der Waals surface area contributed by atoms with Gasteiger partial charge in [0, 0.05) is 6.54 Å². The van der Waals surface area contributed by atoms with Crippen LogP contribution in [0, 0.1) is 5.92 Å². The van der Waals surface area contributed by atoms with Gasteiger partial charge in [-0.2, -0.15) is 0 Å². The highest BCUT2D eigenvalue weighted by Crippen LogP contribution is 2.08. The van der Waals surface area contributed by atoms with Gasteiger partial charge in [0.1, 0.15) is 12.6 Å². The molecular formula is C22H26N2O5. The van der Waals surface area contributed by atoms with Crippen molar-refractivity contribution in [2.75, 3.05) is 7.11 Å². The van der Waals surface area contributed by atoms with Crippen molar-refractivity contribution >= 4 is 18.0 Å². The molecule has 29 heavy (non-hydrogen) atoms. The Balaban J connectivity index is 1.86. The summed E-state index contributed by atoms with van der Waals surface area (Å²) in [5, 5.41) is 5.42. The standard InChI is InChI=1S/C22H26N2O5/c1-15(2)19(24-22(27)29-14-17-7-5-4-6-8-17)20(25)23-13-16-9-11-18(12-10-16)21(26)28-3/h4-12,15,19H,13-14H2,1-3H3,(H,23,25)(H,24,27)/t19-/m0/s1. The largest absolute Gasteiger partial charge is 0.465 e. The minimum Gasteiger partial charge on any atom is -0.465 e. The molecule has 0 bridgehead atoms. The monoisotopic (exact) mass is 398 g/mol. The van der Waals surface area contributed by atoms with Crippen LogP contribution in [-0.4, -0.2) is 31.1 Å². The Kier molecular flexibility index (Phi) is 8.21. The lowest BCUT2D eigenvalue weighted by atomic mass is 10.0. The van der Waals surface area contributed by atoms with Crippen molar-refractivity contribution in [2.45, 2.75) is 33.0 Å². The van der Waals surface area contributed by atoms with E-state index in [1.165, 1.54) is 7.11 Å². The zero-order valence-corrected chi connectivity index (χ0v) is 16.8. The van der Waals surface area contributed by atoms with Crippen molar-refractivity contribution < 1.29 is 23.9 Å². The third kappa shape index (κ3) is 6.95. The number of rotatable bonds is 8. The van der Waals surface area contributed by atoms with Gasteiger partial charge in [-0.3, -0.25) is 4.79 Å². The smallest absolute Gasteiger partial charge is 0.408 e. The molecule has 0 unspecified atom stereocenters. The summed E-state index contributed by atoms with van der Waals surface area (Å²) in [6.07, 6.45) is -0.648. The lowest BCUT2D eigenvalue weighted by Crippen LogP contribution is -2.49. The number of carbonyl (C=O) groups is 3. The van der Waals surface area contributed by atoms with E-state index in [2.05, 4.69) is 15.4 Å². The SMILES string of the molecule is COC(=O)c1ccc(CNC(=O)[C@@H](NC(=O)OCc2ccccc2)C(C)C)cc1. The molecule has 2 aromatic carbocycles. The molecule has 0 radical (unpaired) electrons. The Hall–Kier alpha value is -3.35. The predicted molar refractivity (Wildman–Crippen MR) is 108 cm³/mol. The Labute approximate surface area is 170 Å². The molecule has 0 aliphatic carbocycles. The van der Waals surface area contributed by atoms with Gasteiger partial charge in [-0.1, -0.05) is 56.3 Å². The van der Waals surface area contributed by atoms with E-state index < -0.39 is 18.1 Å². The molecule has 0 fully saturated rings. The van der Waals surface area contributed by atoms with Gasteiger partial charge < -0.3 is 20.1 Å². The van der Waals surface area contributed by atoms with Gasteiger partial charge in [-0.15, -0.1) is 0 Å². The number of hydrogen-bond acceptors (Lipinski definition) is 5. The van der Waals surface area contributed by atoms with Gasteiger partial charge >= 0.3 is 12.1 Å². The van der Waals surface area contributed by atoms with Gasteiger partial charge in [0.05, 0.1) is 12.7 Å². The number of carbonyl (C=O) groups excluding carboxylic acids is 3. The van der Waals surface area contributed by atoms with Crippen LogP contribution in [0.5, 0.6) is 0 Å². The van der Waals surface area contributed by atoms with E-state index in [1.807, 2.05) is 44.2 Å². The van der Waals surface area contributed by atoms with E-state index in [9.17, 15) is 14.4 Å². The number of methoxy groups -OCH3 is 1. The van der Waals surface area contributed by atoms with E-state index in [0.717, 1.165) is 11.1 Å². The molecule has 0 aromatic heterocycles. The van der Waals surface area contributed by atoms with Crippen molar-refractivity contribution in [3.8, 4) is 0 Å². The van der Waals surface area contributed by atoms with Gasteiger partial charge in [-0.05, 0) is 29.2 Å². The molecule has 0 heterocycles. The Morgan fingerprint density at radius 2 is 1.59 bits per heavy atom. The summed E-state index contributed by atoms with van der Waals surface area (Å²) in [7, 11) is 1.32. The molecule has 0 aliphatic heterocycles. The fourth-order valence-electron chi connectivity index (χ4n) is 2.60. The number of benzene rings is 2. The summed E-state index contributed by atoms with van der Waals surface area (Å²) in [5.74, 6) is -0.853. The highest BCUT2D eigenvalue weighted by atomic mass is 16.5. The topological polar surface area (TPSA) is 93.7 Å². The van der Waals surface area contributed by atoms with Crippen LogP contribution in [0.15, 0.2) is 54.6 Å². The van der Waals surface area contributed by atoms with Crippen molar-refractivity contribution in [3.05, 3.63) is 71.3 Å². The lowest BCUT2D eigenvalue weighted by molar-refractivity contribution is -0.124. The minimum atomic E-state index is -0.729. The predicted octanol–water partition coefficient (Wildman–Crippen LogP) is 3.04. The molecule has 2 amide bonds. The first-order chi connectivity index (χ1) is 13.9. The van der Waals surface area contributed by atoms with E-state index >= 15 is 0 Å². The molecule has 1 atom stereocenters. The zero-order chi connectivity index (χ0) is 21.2. The first-order valence-electron chi connectivity index (χ1n) is 9.33. The number of esters is 1. The van der Waals surface area contributed by atoms with Crippen LogP contribution >= 0.6 is 0 Å². The zero-order valence-electron chi connectivity index (χ0n) is 16.8. The van der Waals surface area contributed by atoms with E-state index in [4.69, 9.17) is 4.74 Å². The molecule has 0 saturated carbocycles. The number of ether oxygens (including phenoxy) is 2. The molecule has 0 aliphatic rings. The van der Waals surface area contributed by atoms with Crippen LogP contribution in [0.4, 0.5) is 4.79 Å². The second kappa shape index (κ2) is 10.8. The molecular weight excluding hydrogens is 372 g/mol. The minimum absolute atomic E-state index is 0.124. The highest BCUT2D eigenvalue weighted by molar-refractivity contribution is 5.89. The fourth-order valence-corrected chi connectivity index (χ4v) is 2.60.